The fourth-order valence-electron chi connectivity index (χ4n) is 1.95. The Morgan fingerprint density at radius 2 is 2.08 bits per heavy atom. The summed E-state index contributed by atoms with van der Waals surface area (Å²) >= 11 is 10.3. The summed E-state index contributed by atoms with van der Waals surface area (Å²) in [6.07, 6.45) is 3.52. The minimum absolute atomic E-state index is 0.436. The topological polar surface area (TPSA) is 62.5 Å². The number of halogens is 1. The Labute approximate surface area is 163 Å². The van der Waals surface area contributed by atoms with Gasteiger partial charge >= 0.3 is 0 Å². The van der Waals surface area contributed by atoms with E-state index >= 15 is 0 Å². The van der Waals surface area contributed by atoms with Gasteiger partial charge < -0.3 is 0 Å². The molecular formula is C17H11ClN4S3. The van der Waals surface area contributed by atoms with Gasteiger partial charge in [-0.25, -0.2) is 15.0 Å². The number of thiazole rings is 1. The van der Waals surface area contributed by atoms with Crippen molar-refractivity contribution in [2.24, 2.45) is 0 Å². The van der Waals surface area contributed by atoms with Crippen LogP contribution in [0.4, 0.5) is 0 Å². The van der Waals surface area contributed by atoms with Gasteiger partial charge in [-0.2, -0.15) is 5.26 Å². The number of aromatic nitrogens is 3. The second-order valence-corrected chi connectivity index (χ2v) is 8.21. The van der Waals surface area contributed by atoms with Crippen LogP contribution in [0.1, 0.15) is 5.56 Å². The highest BCUT2D eigenvalue weighted by atomic mass is 35.5. The van der Waals surface area contributed by atoms with E-state index in [1.807, 2.05) is 17.5 Å². The summed E-state index contributed by atoms with van der Waals surface area (Å²) in [6.45, 7) is 3.73. The van der Waals surface area contributed by atoms with E-state index in [9.17, 15) is 5.26 Å². The summed E-state index contributed by atoms with van der Waals surface area (Å²) in [6, 6.07) is 9.51. The van der Waals surface area contributed by atoms with Crippen LogP contribution in [0.3, 0.4) is 0 Å². The lowest BCUT2D eigenvalue weighted by molar-refractivity contribution is 0.888. The first-order valence-electron chi connectivity index (χ1n) is 7.10. The maximum atomic E-state index is 9.70. The number of rotatable bonds is 6. The molecule has 0 saturated heterocycles. The molecule has 2 aromatic heterocycles. The highest BCUT2D eigenvalue weighted by molar-refractivity contribution is 8.01. The molecule has 0 bridgehead atoms. The van der Waals surface area contributed by atoms with Gasteiger partial charge in [0.1, 0.15) is 16.7 Å². The minimum Gasteiger partial charge on any atom is -0.238 e. The number of thioether (sulfide) groups is 1. The normalized spacial score (nSPS) is 10.4. The molecule has 1 aromatic carbocycles. The van der Waals surface area contributed by atoms with Gasteiger partial charge in [-0.3, -0.25) is 0 Å². The van der Waals surface area contributed by atoms with Crippen molar-refractivity contribution < 1.29 is 0 Å². The molecule has 0 N–H and O–H groups in total. The number of benzene rings is 1. The standard InChI is InChI=1S/C17H11ClN4S3/c1-2-8-23-16-21-14(11-3-5-12(18)6-4-11)13(10-19)15(22-16)25-17-20-7-9-24-17/h2-7,9H,1,8H2. The second kappa shape index (κ2) is 8.50. The molecule has 4 nitrogen and oxygen atoms in total. The maximum absolute atomic E-state index is 9.70. The Kier molecular flexibility index (Phi) is 6.10. The quantitative estimate of drug-likeness (QED) is 0.233. The molecule has 3 aromatic rings. The van der Waals surface area contributed by atoms with E-state index in [0.717, 1.165) is 9.90 Å². The first-order chi connectivity index (χ1) is 12.2. The zero-order valence-corrected chi connectivity index (χ0v) is 16.1. The molecule has 0 saturated carbocycles. The molecule has 0 aliphatic carbocycles. The van der Waals surface area contributed by atoms with Crippen molar-refractivity contribution in [3.05, 3.63) is 59.1 Å². The van der Waals surface area contributed by atoms with Gasteiger partial charge in [-0.15, -0.1) is 17.9 Å². The minimum atomic E-state index is 0.436. The van der Waals surface area contributed by atoms with Crippen LogP contribution in [-0.2, 0) is 0 Å². The van der Waals surface area contributed by atoms with Crippen molar-refractivity contribution in [2.75, 3.05) is 5.75 Å². The van der Waals surface area contributed by atoms with Crippen molar-refractivity contribution in [2.45, 2.75) is 14.5 Å². The predicted octanol–water partition coefficient (Wildman–Crippen LogP) is 5.55. The van der Waals surface area contributed by atoms with E-state index in [1.165, 1.54) is 34.9 Å². The lowest BCUT2D eigenvalue weighted by atomic mass is 10.1. The van der Waals surface area contributed by atoms with Gasteiger partial charge in [0.15, 0.2) is 9.50 Å². The Hall–Kier alpha value is -1.85. The lowest BCUT2D eigenvalue weighted by Gasteiger charge is -2.10. The van der Waals surface area contributed by atoms with E-state index in [-0.39, 0.29) is 0 Å². The van der Waals surface area contributed by atoms with Gasteiger partial charge in [0.05, 0.1) is 5.69 Å². The van der Waals surface area contributed by atoms with E-state index in [0.29, 0.717) is 32.2 Å². The van der Waals surface area contributed by atoms with Crippen LogP contribution in [0.5, 0.6) is 0 Å². The molecule has 25 heavy (non-hydrogen) atoms. The van der Waals surface area contributed by atoms with Crippen molar-refractivity contribution in [1.29, 1.82) is 5.26 Å². The van der Waals surface area contributed by atoms with Crippen molar-refractivity contribution in [3.63, 3.8) is 0 Å². The number of hydrogen-bond donors (Lipinski definition) is 0. The first-order valence-corrected chi connectivity index (χ1v) is 10.2. The van der Waals surface area contributed by atoms with Crippen LogP contribution in [0.15, 0.2) is 63.0 Å². The molecule has 0 aliphatic rings. The number of hydrogen-bond acceptors (Lipinski definition) is 7. The smallest absolute Gasteiger partial charge is 0.189 e. The van der Waals surface area contributed by atoms with Gasteiger partial charge in [0, 0.05) is 27.9 Å². The van der Waals surface area contributed by atoms with E-state index in [2.05, 4.69) is 27.6 Å². The molecule has 0 unspecified atom stereocenters. The summed E-state index contributed by atoms with van der Waals surface area (Å²) in [7, 11) is 0. The highest BCUT2D eigenvalue weighted by Gasteiger charge is 2.18. The molecule has 0 amide bonds. The van der Waals surface area contributed by atoms with Gasteiger partial charge in [-0.1, -0.05) is 41.6 Å². The molecule has 0 atom stereocenters. The monoisotopic (exact) mass is 402 g/mol. The van der Waals surface area contributed by atoms with Crippen molar-refractivity contribution in [3.8, 4) is 17.3 Å². The Morgan fingerprint density at radius 3 is 2.72 bits per heavy atom. The zero-order valence-electron chi connectivity index (χ0n) is 12.8. The molecule has 3 rings (SSSR count). The fraction of sp³-hybridized carbons (Fsp3) is 0.0588. The molecule has 0 aliphatic heterocycles. The SMILES string of the molecule is C=CCSc1nc(Sc2nccs2)c(C#N)c(-c2ccc(Cl)cc2)n1. The lowest BCUT2D eigenvalue weighted by Crippen LogP contribution is -1.99. The third-order valence-electron chi connectivity index (χ3n) is 3.01. The summed E-state index contributed by atoms with van der Waals surface area (Å²) in [5.74, 6) is 0.688. The van der Waals surface area contributed by atoms with Gasteiger partial charge in [0.2, 0.25) is 0 Å². The summed E-state index contributed by atoms with van der Waals surface area (Å²) < 4.78 is 0.830. The van der Waals surface area contributed by atoms with E-state index in [4.69, 9.17) is 11.6 Å². The van der Waals surface area contributed by atoms with E-state index < -0.39 is 0 Å². The Morgan fingerprint density at radius 1 is 1.28 bits per heavy atom. The third kappa shape index (κ3) is 4.41. The van der Waals surface area contributed by atoms with E-state index in [1.54, 1.807) is 24.4 Å². The average Bonchev–Trinajstić information content (AvgIpc) is 3.13. The summed E-state index contributed by atoms with van der Waals surface area (Å²) in [4.78, 5) is 13.4. The number of nitrogens with zero attached hydrogens (tertiary/aromatic N) is 4. The predicted molar refractivity (Wildman–Crippen MR) is 104 cm³/mol. The van der Waals surface area contributed by atoms with Crippen LogP contribution in [0.25, 0.3) is 11.3 Å². The maximum Gasteiger partial charge on any atom is 0.189 e. The largest absolute Gasteiger partial charge is 0.238 e. The molecule has 0 radical (unpaired) electrons. The van der Waals surface area contributed by atoms with Gasteiger partial charge in [0.25, 0.3) is 0 Å². The Bertz CT molecular complexity index is 918. The van der Waals surface area contributed by atoms with Crippen LogP contribution < -0.4 is 0 Å². The van der Waals surface area contributed by atoms with Crippen molar-refractivity contribution >= 4 is 46.5 Å². The van der Waals surface area contributed by atoms with Crippen molar-refractivity contribution in [1.82, 2.24) is 15.0 Å². The summed E-state index contributed by atoms with van der Waals surface area (Å²) in [5.41, 5.74) is 1.86. The van der Waals surface area contributed by atoms with Crippen LogP contribution >= 0.6 is 46.5 Å². The molecule has 2 heterocycles. The molecule has 8 heteroatoms. The number of nitriles is 1. The second-order valence-electron chi connectivity index (χ2n) is 4.65. The van der Waals surface area contributed by atoms with Crippen LogP contribution in [0.2, 0.25) is 5.02 Å². The molecule has 0 fully saturated rings. The average molecular weight is 403 g/mol. The first kappa shape index (κ1) is 18.0. The third-order valence-corrected chi connectivity index (χ3v) is 5.98. The molecular weight excluding hydrogens is 392 g/mol. The molecule has 124 valence electrons. The van der Waals surface area contributed by atoms with Crippen LogP contribution in [0, 0.1) is 11.3 Å². The van der Waals surface area contributed by atoms with Crippen LogP contribution in [-0.4, -0.2) is 20.7 Å². The van der Waals surface area contributed by atoms with Gasteiger partial charge in [-0.05, 0) is 23.9 Å². The fourth-order valence-corrected chi connectivity index (χ4v) is 4.33. The molecule has 0 spiro atoms. The highest BCUT2D eigenvalue weighted by Crippen LogP contribution is 2.35. The zero-order chi connectivity index (χ0) is 17.6. The Balaban J connectivity index is 2.12. The summed E-state index contributed by atoms with van der Waals surface area (Å²) in [5, 5.41) is 13.4.